The molecule has 0 saturated heterocycles. The molecular weight excluding hydrogens is 600 g/mol. The second kappa shape index (κ2) is 12.4. The fourth-order valence-electron chi connectivity index (χ4n) is 5.94. The maximum atomic E-state index is 12.8. The lowest BCUT2D eigenvalue weighted by Gasteiger charge is -2.43. The largest absolute Gasteiger partial charge is 0.444 e. The van der Waals surface area contributed by atoms with Crippen LogP contribution >= 0.6 is 0 Å². The Morgan fingerprint density at radius 3 is 2.38 bits per heavy atom. The Morgan fingerprint density at radius 1 is 0.917 bits per heavy atom. The average Bonchev–Trinajstić information content (AvgIpc) is 3.44. The van der Waals surface area contributed by atoms with E-state index in [4.69, 9.17) is 25.4 Å². The Kier molecular flexibility index (Phi) is 7.92. The zero-order valence-electron chi connectivity index (χ0n) is 27.1. The van der Waals surface area contributed by atoms with E-state index in [1.54, 1.807) is 18.6 Å². The second-order valence-electron chi connectivity index (χ2n) is 12.9. The van der Waals surface area contributed by atoms with Crippen molar-refractivity contribution in [3.8, 4) is 28.3 Å². The summed E-state index contributed by atoms with van der Waals surface area (Å²) in [6.07, 6.45) is 7.29. The van der Waals surface area contributed by atoms with Crippen LogP contribution in [0.25, 0.3) is 39.5 Å². The molecule has 1 aliphatic carbocycles. The smallest absolute Gasteiger partial charge is 0.408 e. The molecule has 0 atom stereocenters. The predicted molar refractivity (Wildman–Crippen MR) is 188 cm³/mol. The minimum absolute atomic E-state index is 0.383. The Bertz CT molecular complexity index is 2130. The molecule has 1 fully saturated rings. The quantitative estimate of drug-likeness (QED) is 0.171. The first-order valence-corrected chi connectivity index (χ1v) is 16.0. The lowest BCUT2D eigenvalue weighted by atomic mass is 9.72. The molecule has 0 radical (unpaired) electrons. The molecule has 1 aliphatic rings. The minimum Gasteiger partial charge on any atom is -0.444 e. The number of aromatic nitrogens is 5. The number of carbonyl (C=O) groups is 1. The van der Waals surface area contributed by atoms with Gasteiger partial charge in [0.15, 0.2) is 17.3 Å². The van der Waals surface area contributed by atoms with Crippen molar-refractivity contribution in [2.24, 2.45) is 4.99 Å². The number of nitrogens with one attached hydrogen (secondary N) is 1. The van der Waals surface area contributed by atoms with Crippen LogP contribution in [0.15, 0.2) is 108 Å². The third-order valence-corrected chi connectivity index (χ3v) is 8.42. The van der Waals surface area contributed by atoms with E-state index in [0.29, 0.717) is 28.7 Å². The lowest BCUT2D eigenvalue weighted by molar-refractivity contribution is 0.0377. The van der Waals surface area contributed by atoms with E-state index in [9.17, 15) is 4.79 Å². The number of nitrogen functional groups attached to an aromatic ring is 1. The first kappa shape index (κ1) is 30.7. The van der Waals surface area contributed by atoms with E-state index in [1.165, 1.54) is 0 Å². The molecule has 240 valence electrons. The van der Waals surface area contributed by atoms with E-state index in [0.717, 1.165) is 52.9 Å². The van der Waals surface area contributed by atoms with Gasteiger partial charge >= 0.3 is 6.09 Å². The molecule has 2 aromatic carbocycles. The number of hydrogen-bond acceptors (Lipinski definition) is 8. The van der Waals surface area contributed by atoms with Crippen LogP contribution in [0.3, 0.4) is 0 Å². The van der Waals surface area contributed by atoms with Crippen LogP contribution in [0.1, 0.15) is 51.2 Å². The highest BCUT2D eigenvalue weighted by molar-refractivity contribution is 5.89. The van der Waals surface area contributed by atoms with Crippen molar-refractivity contribution in [2.45, 2.75) is 51.2 Å². The van der Waals surface area contributed by atoms with Gasteiger partial charge in [0.05, 0.1) is 16.8 Å². The third kappa shape index (κ3) is 6.12. The van der Waals surface area contributed by atoms with E-state index in [2.05, 4.69) is 27.4 Å². The molecule has 7 rings (SSSR count). The number of aliphatic imine (C=N–C) groups is 1. The molecule has 4 heterocycles. The summed E-state index contributed by atoms with van der Waals surface area (Å²) in [4.78, 5) is 36.5. The monoisotopic (exact) mass is 636 g/mol. The highest BCUT2D eigenvalue weighted by atomic mass is 16.6. The van der Waals surface area contributed by atoms with Crippen LogP contribution in [0, 0.1) is 0 Å². The van der Waals surface area contributed by atoms with Crippen LogP contribution in [0.4, 0.5) is 16.4 Å². The highest BCUT2D eigenvalue weighted by Gasteiger charge is 2.41. The number of ether oxygens (including phenoxy) is 1. The normalized spacial score (nSPS) is 14.1. The van der Waals surface area contributed by atoms with Crippen LogP contribution in [0.5, 0.6) is 0 Å². The van der Waals surface area contributed by atoms with Gasteiger partial charge in [-0.3, -0.25) is 4.57 Å². The number of fused-ring (bicyclic) bond motifs is 1. The SMILES string of the molecule is CC(C)(C)OC(=O)NC1(c2ccc(-n3c(-c4cccnc4/N=C/c4cccnc4N)nc4ccc(-c5ccccc5)nc43)cc2)CCC1. The number of anilines is 1. The molecule has 10 nitrogen and oxygen atoms in total. The number of pyridine rings is 3. The fraction of sp³-hybridized carbons (Fsp3) is 0.211. The van der Waals surface area contributed by atoms with Gasteiger partial charge in [0.2, 0.25) is 0 Å². The third-order valence-electron chi connectivity index (χ3n) is 8.42. The van der Waals surface area contributed by atoms with Gasteiger partial charge in [-0.25, -0.2) is 29.7 Å². The number of imidazole rings is 1. The Balaban J connectivity index is 1.34. The lowest BCUT2D eigenvalue weighted by Crippen LogP contribution is -2.52. The van der Waals surface area contributed by atoms with Gasteiger partial charge in [0, 0.05) is 35.4 Å². The number of hydrogen-bond donors (Lipinski definition) is 2. The Hall–Kier alpha value is -5.90. The summed E-state index contributed by atoms with van der Waals surface area (Å²) >= 11 is 0. The summed E-state index contributed by atoms with van der Waals surface area (Å²) < 4.78 is 7.64. The second-order valence-corrected chi connectivity index (χ2v) is 12.9. The molecule has 0 aliphatic heterocycles. The summed E-state index contributed by atoms with van der Waals surface area (Å²) in [5.41, 5.74) is 11.6. The number of rotatable bonds is 7. The first-order chi connectivity index (χ1) is 23.2. The maximum Gasteiger partial charge on any atom is 0.408 e. The number of nitrogens with two attached hydrogens (primary N) is 1. The van der Waals surface area contributed by atoms with Crippen molar-refractivity contribution in [2.75, 3.05) is 5.73 Å². The molecule has 1 amide bonds. The zero-order chi connectivity index (χ0) is 33.3. The van der Waals surface area contributed by atoms with Gasteiger partial charge < -0.3 is 15.8 Å². The van der Waals surface area contributed by atoms with Gasteiger partial charge in [-0.05, 0) is 94.1 Å². The van der Waals surface area contributed by atoms with Crippen molar-refractivity contribution in [1.82, 2.24) is 29.8 Å². The first-order valence-electron chi connectivity index (χ1n) is 16.0. The molecular formula is C38H36N8O2. The predicted octanol–water partition coefficient (Wildman–Crippen LogP) is 7.78. The summed E-state index contributed by atoms with van der Waals surface area (Å²) in [5, 5.41) is 3.16. The molecule has 48 heavy (non-hydrogen) atoms. The standard InChI is InChI=1S/C38H36N8O2/c1-37(2,3)48-36(47)45-38(20-9-21-38)27-14-16-28(17-15-27)46-34(44-31-19-18-30(43-35(31)46)25-10-5-4-6-11-25)29-13-8-23-41-33(29)42-24-26-12-7-22-40-32(26)39/h4-8,10-19,22-24H,9,20-21H2,1-3H3,(H2,39,40)(H,45,47)/b42-24+. The topological polar surface area (TPSA) is 133 Å². The van der Waals surface area contributed by atoms with Gasteiger partial charge in [0.25, 0.3) is 0 Å². The Labute approximate surface area is 278 Å². The van der Waals surface area contributed by atoms with Crippen molar-refractivity contribution in [1.29, 1.82) is 0 Å². The van der Waals surface area contributed by atoms with E-state index in [-0.39, 0.29) is 0 Å². The fourth-order valence-corrected chi connectivity index (χ4v) is 5.94. The molecule has 0 bridgehead atoms. The van der Waals surface area contributed by atoms with Crippen LogP contribution in [0.2, 0.25) is 0 Å². The summed E-state index contributed by atoms with van der Waals surface area (Å²) in [5.74, 6) is 1.50. The van der Waals surface area contributed by atoms with Crippen LogP contribution < -0.4 is 11.1 Å². The number of nitrogens with zero attached hydrogens (tertiary/aromatic N) is 6. The van der Waals surface area contributed by atoms with E-state index >= 15 is 0 Å². The van der Waals surface area contributed by atoms with E-state index in [1.807, 2.05) is 104 Å². The average molecular weight is 637 g/mol. The minimum atomic E-state index is -0.580. The van der Waals surface area contributed by atoms with Gasteiger partial charge in [-0.15, -0.1) is 0 Å². The van der Waals surface area contributed by atoms with Crippen molar-refractivity contribution in [3.05, 3.63) is 115 Å². The van der Waals surface area contributed by atoms with Gasteiger partial charge in [-0.2, -0.15) is 0 Å². The summed E-state index contributed by atoms with van der Waals surface area (Å²) in [6, 6.07) is 29.7. The van der Waals surface area contributed by atoms with Gasteiger partial charge in [0.1, 0.15) is 16.9 Å². The molecule has 10 heteroatoms. The number of alkyl carbamates (subject to hydrolysis) is 1. The molecule has 1 saturated carbocycles. The molecule has 4 aromatic heterocycles. The number of benzene rings is 2. The van der Waals surface area contributed by atoms with E-state index < -0.39 is 17.2 Å². The van der Waals surface area contributed by atoms with Crippen LogP contribution in [-0.2, 0) is 10.3 Å². The molecule has 6 aromatic rings. The number of amides is 1. The zero-order valence-corrected chi connectivity index (χ0v) is 27.1. The maximum absolute atomic E-state index is 12.8. The van der Waals surface area contributed by atoms with Crippen molar-refractivity contribution in [3.63, 3.8) is 0 Å². The molecule has 0 unspecified atom stereocenters. The Morgan fingerprint density at radius 2 is 1.67 bits per heavy atom. The molecule has 0 spiro atoms. The van der Waals surface area contributed by atoms with Crippen molar-refractivity contribution >= 4 is 35.1 Å². The highest BCUT2D eigenvalue weighted by Crippen LogP contribution is 2.42. The number of carbonyl (C=O) groups excluding carboxylic acids is 1. The van der Waals surface area contributed by atoms with Crippen molar-refractivity contribution < 1.29 is 9.53 Å². The molecule has 3 N–H and O–H groups in total. The van der Waals surface area contributed by atoms with Crippen LogP contribution in [-0.4, -0.2) is 42.4 Å². The van der Waals surface area contributed by atoms with Gasteiger partial charge in [-0.1, -0.05) is 42.5 Å². The summed E-state index contributed by atoms with van der Waals surface area (Å²) in [6.45, 7) is 5.60. The summed E-state index contributed by atoms with van der Waals surface area (Å²) in [7, 11) is 0.